The van der Waals surface area contributed by atoms with Gasteiger partial charge in [0.05, 0.1) is 0 Å². The zero-order valence-electron chi connectivity index (χ0n) is 22.3. The first kappa shape index (κ1) is 29.2. The molecule has 3 aliphatic heterocycles. The van der Waals surface area contributed by atoms with E-state index in [4.69, 9.17) is 9.47 Å². The lowest BCUT2D eigenvalue weighted by Crippen LogP contribution is -2.36. The van der Waals surface area contributed by atoms with Crippen LogP contribution in [0, 0.1) is 5.92 Å². The lowest BCUT2D eigenvalue weighted by atomic mass is 9.93. The van der Waals surface area contributed by atoms with Crippen molar-refractivity contribution in [1.82, 2.24) is 9.80 Å². The molecule has 5 nitrogen and oxygen atoms in total. The number of hydrogen-bond donors (Lipinski definition) is 0. The van der Waals surface area contributed by atoms with Crippen molar-refractivity contribution in [2.45, 2.75) is 53.5 Å². The quantitative estimate of drug-likeness (QED) is 0.353. The van der Waals surface area contributed by atoms with Gasteiger partial charge in [-0.1, -0.05) is 75.6 Å². The Morgan fingerprint density at radius 1 is 1.11 bits per heavy atom. The lowest BCUT2D eigenvalue weighted by Gasteiger charge is -2.33. The molecule has 2 aromatic rings. The van der Waals surface area contributed by atoms with Gasteiger partial charge in [-0.3, -0.25) is 9.69 Å². The van der Waals surface area contributed by atoms with Gasteiger partial charge in [0.15, 0.2) is 11.5 Å². The summed E-state index contributed by atoms with van der Waals surface area (Å²) in [6.45, 7) is 13.0. The molecular weight excluding hydrogens is 472 g/mol. The van der Waals surface area contributed by atoms with Crippen molar-refractivity contribution in [3.8, 4) is 11.5 Å². The summed E-state index contributed by atoms with van der Waals surface area (Å²) in [5.41, 5.74) is 4.54. The van der Waals surface area contributed by atoms with Gasteiger partial charge in [-0.15, -0.1) is 0 Å². The van der Waals surface area contributed by atoms with Gasteiger partial charge < -0.3 is 14.4 Å². The predicted octanol–water partition coefficient (Wildman–Crippen LogP) is 7.05. The topological polar surface area (TPSA) is 42.0 Å². The highest BCUT2D eigenvalue weighted by Gasteiger charge is 2.31. The molecular formula is C33H44N2O3. The fraction of sp³-hybridized carbons (Fsp3) is 0.424. The van der Waals surface area contributed by atoms with Crippen LogP contribution in [-0.4, -0.2) is 48.7 Å². The van der Waals surface area contributed by atoms with Gasteiger partial charge in [0.1, 0.15) is 0 Å². The van der Waals surface area contributed by atoms with Crippen LogP contribution in [0.25, 0.3) is 0 Å². The number of carbonyl (C=O) groups is 1. The molecule has 0 unspecified atom stereocenters. The van der Waals surface area contributed by atoms with Crippen LogP contribution in [0.15, 0.2) is 78.9 Å². The number of carbonyl (C=O) groups excluding carboxylic acids is 1. The van der Waals surface area contributed by atoms with Crippen molar-refractivity contribution in [2.24, 2.45) is 5.92 Å². The summed E-state index contributed by atoms with van der Waals surface area (Å²) in [6, 6.07) is 14.3. The molecule has 38 heavy (non-hydrogen) atoms. The van der Waals surface area contributed by atoms with Crippen LogP contribution in [0.2, 0.25) is 0 Å². The molecule has 0 N–H and O–H groups in total. The number of fused-ring (bicyclic) bond motifs is 2. The molecule has 5 rings (SSSR count). The molecule has 0 bridgehead atoms. The van der Waals surface area contributed by atoms with Gasteiger partial charge in [-0.05, 0) is 80.4 Å². The molecule has 3 heterocycles. The van der Waals surface area contributed by atoms with Crippen LogP contribution in [0.1, 0.15) is 62.0 Å². The number of allylic oxidation sites excluding steroid dienone is 3. The van der Waals surface area contributed by atoms with Gasteiger partial charge in [-0.25, -0.2) is 0 Å². The zero-order valence-corrected chi connectivity index (χ0v) is 22.3. The maximum Gasteiger partial charge on any atom is 0.254 e. The van der Waals surface area contributed by atoms with Crippen molar-refractivity contribution in [3.63, 3.8) is 0 Å². The molecule has 0 aliphatic carbocycles. The third-order valence-electron chi connectivity index (χ3n) is 7.36. The molecule has 3 aliphatic rings. The number of aryl methyl sites for hydroxylation is 1. The number of rotatable bonds is 8. The van der Waals surface area contributed by atoms with Crippen molar-refractivity contribution in [1.29, 1.82) is 0 Å². The normalized spacial score (nSPS) is 17.2. The Kier molecular flexibility index (Phi) is 11.2. The Morgan fingerprint density at radius 2 is 1.82 bits per heavy atom. The summed E-state index contributed by atoms with van der Waals surface area (Å²) >= 11 is 0. The third kappa shape index (κ3) is 7.61. The van der Waals surface area contributed by atoms with Crippen LogP contribution in [0.5, 0.6) is 11.5 Å². The van der Waals surface area contributed by atoms with Gasteiger partial charge in [0.2, 0.25) is 6.79 Å². The van der Waals surface area contributed by atoms with E-state index in [9.17, 15) is 4.79 Å². The summed E-state index contributed by atoms with van der Waals surface area (Å²) in [4.78, 5) is 17.3. The van der Waals surface area contributed by atoms with E-state index in [0.717, 1.165) is 55.9 Å². The number of hydrogen-bond acceptors (Lipinski definition) is 4. The summed E-state index contributed by atoms with van der Waals surface area (Å²) in [7, 11) is 0. The molecule has 1 amide bonds. The maximum atomic E-state index is 12.8. The smallest absolute Gasteiger partial charge is 0.254 e. The first-order valence-electron chi connectivity index (χ1n) is 13.5. The number of ether oxygens (including phenoxy) is 2. The van der Waals surface area contributed by atoms with Crippen LogP contribution in [-0.2, 0) is 13.0 Å². The highest BCUT2D eigenvalue weighted by Crippen LogP contribution is 2.38. The second kappa shape index (κ2) is 14.6. The largest absolute Gasteiger partial charge is 0.454 e. The van der Waals surface area contributed by atoms with E-state index in [1.54, 1.807) is 0 Å². The van der Waals surface area contributed by atoms with Gasteiger partial charge >= 0.3 is 0 Å². The summed E-state index contributed by atoms with van der Waals surface area (Å²) < 4.78 is 10.9. The summed E-state index contributed by atoms with van der Waals surface area (Å²) in [5, 5.41) is 0. The van der Waals surface area contributed by atoms with Gasteiger partial charge in [0.25, 0.3) is 5.91 Å². The highest BCUT2D eigenvalue weighted by atomic mass is 16.7. The summed E-state index contributed by atoms with van der Waals surface area (Å²) in [6.07, 6.45) is 12.8. The van der Waals surface area contributed by atoms with E-state index >= 15 is 0 Å². The molecule has 204 valence electrons. The van der Waals surface area contributed by atoms with E-state index in [-0.39, 0.29) is 20.1 Å². The number of benzene rings is 2. The minimum absolute atomic E-state index is 0. The molecule has 5 heteroatoms. The van der Waals surface area contributed by atoms with Crippen LogP contribution >= 0.6 is 0 Å². The minimum atomic E-state index is 0. The van der Waals surface area contributed by atoms with Crippen LogP contribution in [0.4, 0.5) is 0 Å². The number of likely N-dealkylation sites (tertiary alicyclic amines) is 1. The van der Waals surface area contributed by atoms with Crippen molar-refractivity contribution in [3.05, 3.63) is 95.6 Å². The predicted molar refractivity (Wildman–Crippen MR) is 157 cm³/mol. The number of nitrogens with zero attached hydrogens (tertiary/aromatic N) is 2. The van der Waals surface area contributed by atoms with Gasteiger partial charge in [-0.2, -0.15) is 0 Å². The Balaban J connectivity index is 0.000000382. The lowest BCUT2D eigenvalue weighted by molar-refractivity contribution is 0.0758. The number of piperidine rings is 1. The molecule has 0 atom stereocenters. The average molecular weight is 517 g/mol. The van der Waals surface area contributed by atoms with E-state index in [2.05, 4.69) is 67.8 Å². The fourth-order valence-corrected chi connectivity index (χ4v) is 5.21. The second-order valence-electron chi connectivity index (χ2n) is 9.91. The first-order valence-corrected chi connectivity index (χ1v) is 13.5. The molecule has 0 aromatic heterocycles. The van der Waals surface area contributed by atoms with Crippen LogP contribution < -0.4 is 9.47 Å². The third-order valence-corrected chi connectivity index (χ3v) is 7.36. The van der Waals surface area contributed by atoms with Gasteiger partial charge in [0, 0.05) is 25.2 Å². The SMILES string of the molecule is C.C=C/C=C(\C=C/C)CN1CCC(CCN2Cc3cc4c(cc3C2=O)OCO4)CC1.CCc1ccccc1. The Morgan fingerprint density at radius 3 is 2.45 bits per heavy atom. The van der Waals surface area contributed by atoms with E-state index in [0.29, 0.717) is 18.2 Å². The zero-order chi connectivity index (χ0) is 26.0. The maximum absolute atomic E-state index is 12.8. The molecule has 1 saturated heterocycles. The minimum Gasteiger partial charge on any atom is -0.454 e. The highest BCUT2D eigenvalue weighted by molar-refractivity contribution is 5.99. The molecule has 1 fully saturated rings. The average Bonchev–Trinajstić information content (AvgIpc) is 3.51. The molecule has 2 aromatic carbocycles. The molecule has 0 spiro atoms. The Bertz CT molecular complexity index is 1110. The summed E-state index contributed by atoms with van der Waals surface area (Å²) in [5.74, 6) is 2.26. The van der Waals surface area contributed by atoms with Crippen molar-refractivity contribution in [2.75, 3.05) is 33.0 Å². The van der Waals surface area contributed by atoms with E-state index in [1.807, 2.05) is 29.2 Å². The van der Waals surface area contributed by atoms with Crippen LogP contribution in [0.3, 0.4) is 0 Å². The van der Waals surface area contributed by atoms with E-state index < -0.39 is 0 Å². The number of amides is 1. The monoisotopic (exact) mass is 516 g/mol. The molecule has 0 radical (unpaired) electrons. The fourth-order valence-electron chi connectivity index (χ4n) is 5.21. The van der Waals surface area contributed by atoms with Crippen molar-refractivity contribution < 1.29 is 14.3 Å². The van der Waals surface area contributed by atoms with E-state index in [1.165, 1.54) is 24.0 Å². The second-order valence-corrected chi connectivity index (χ2v) is 9.91. The standard InChI is InChI=1S/C24H30N2O3.C8H10.CH4/c1-3-5-19(6-4-2)15-25-10-7-18(8-11-25)9-12-26-16-20-13-22-23(29-17-28-22)14-21(20)24(26)27;1-2-8-6-4-3-5-7-8;/h3-6,13-14,18H,1,7-12,15-17H2,2H3;3-7H,2H2,1H3;1H4/b6-4-,19-5+;;. The Hall–Kier alpha value is -3.31. The molecule has 0 saturated carbocycles. The van der Waals surface area contributed by atoms with Crippen molar-refractivity contribution >= 4 is 5.91 Å². The first-order chi connectivity index (χ1) is 18.1. The Labute approximate surface area is 229 Å².